The van der Waals surface area contributed by atoms with Crippen molar-refractivity contribution in [1.29, 1.82) is 0 Å². The largest absolute Gasteiger partial charge is 0.497 e. The number of furan rings is 1. The number of ether oxygens (including phenoxy) is 1. The summed E-state index contributed by atoms with van der Waals surface area (Å²) in [4.78, 5) is 24.5. The molecule has 1 heterocycles. The molecule has 3 rings (SSSR count). The third-order valence-electron chi connectivity index (χ3n) is 3.25. The Kier molecular flexibility index (Phi) is 3.28. The highest BCUT2D eigenvalue weighted by Crippen LogP contribution is 2.25. The first-order valence-electron chi connectivity index (χ1n) is 6.41. The molecule has 0 radical (unpaired) electrons. The number of ketones is 1. The number of benzene rings is 1. The van der Waals surface area contributed by atoms with Crippen molar-refractivity contribution in [2.75, 3.05) is 7.11 Å². The third-order valence-corrected chi connectivity index (χ3v) is 3.25. The van der Waals surface area contributed by atoms with E-state index in [-0.39, 0.29) is 11.3 Å². The predicted octanol–water partition coefficient (Wildman–Crippen LogP) is 2.98. The van der Waals surface area contributed by atoms with Gasteiger partial charge in [0.05, 0.1) is 7.11 Å². The number of fused-ring (bicyclic) bond motifs is 1. The van der Waals surface area contributed by atoms with Gasteiger partial charge in [-0.2, -0.15) is 0 Å². The quantitative estimate of drug-likeness (QED) is 0.692. The first kappa shape index (κ1) is 13.1. The molecule has 0 spiro atoms. The van der Waals surface area contributed by atoms with E-state index in [9.17, 15) is 9.59 Å². The van der Waals surface area contributed by atoms with Crippen LogP contribution in [-0.4, -0.2) is 12.9 Å². The Bertz CT molecular complexity index is 815. The molecule has 0 saturated carbocycles. The fraction of sp³-hybridized carbons (Fsp3) is 0.0588. The maximum absolute atomic E-state index is 12.5. The smallest absolute Gasteiger partial charge is 0.348 e. The van der Waals surface area contributed by atoms with Crippen LogP contribution in [0.4, 0.5) is 0 Å². The number of rotatable bonds is 3. The number of methoxy groups -OCH3 is 1. The van der Waals surface area contributed by atoms with Gasteiger partial charge in [-0.15, -0.1) is 0 Å². The number of hydrogen-bond acceptors (Lipinski definition) is 4. The maximum atomic E-state index is 12.5. The van der Waals surface area contributed by atoms with Crippen molar-refractivity contribution in [2.45, 2.75) is 0 Å². The first-order chi connectivity index (χ1) is 10.2. The number of carbonyl (C=O) groups is 1. The minimum Gasteiger partial charge on any atom is -0.497 e. The van der Waals surface area contributed by atoms with E-state index in [0.717, 1.165) is 0 Å². The topological polar surface area (TPSA) is 56.5 Å². The predicted molar refractivity (Wildman–Crippen MR) is 78.0 cm³/mol. The van der Waals surface area contributed by atoms with Crippen LogP contribution in [0.2, 0.25) is 0 Å². The van der Waals surface area contributed by atoms with Gasteiger partial charge in [-0.1, -0.05) is 24.3 Å². The lowest BCUT2D eigenvalue weighted by molar-refractivity contribution is 0.103. The second kappa shape index (κ2) is 5.25. The summed E-state index contributed by atoms with van der Waals surface area (Å²) in [7, 11) is 1.55. The molecule has 0 aromatic heterocycles. The van der Waals surface area contributed by atoms with Gasteiger partial charge in [0.25, 0.3) is 0 Å². The summed E-state index contributed by atoms with van der Waals surface area (Å²) < 4.78 is 10.2. The molecule has 1 aliphatic heterocycles. The lowest BCUT2D eigenvalue weighted by Gasteiger charge is -2.01. The molecule has 4 heteroatoms. The summed E-state index contributed by atoms with van der Waals surface area (Å²) in [6.45, 7) is 0. The Morgan fingerprint density at radius 2 is 1.71 bits per heavy atom. The zero-order valence-corrected chi connectivity index (χ0v) is 11.3. The zero-order chi connectivity index (χ0) is 14.8. The number of hydrogen-bond donors (Lipinski definition) is 0. The van der Waals surface area contributed by atoms with Crippen LogP contribution in [0.5, 0.6) is 5.75 Å². The summed E-state index contributed by atoms with van der Waals surface area (Å²) in [6, 6.07) is 15.3. The Hall–Kier alpha value is -2.88. The van der Waals surface area contributed by atoms with Crippen molar-refractivity contribution in [3.05, 3.63) is 76.1 Å². The summed E-state index contributed by atoms with van der Waals surface area (Å²) in [5.74, 6) is 0.701. The molecule has 0 amide bonds. The van der Waals surface area contributed by atoms with E-state index in [1.54, 1.807) is 55.6 Å². The molecular formula is C17H12O4. The van der Waals surface area contributed by atoms with Gasteiger partial charge < -0.3 is 9.15 Å². The van der Waals surface area contributed by atoms with E-state index in [1.165, 1.54) is 0 Å². The molecular weight excluding hydrogens is 268 g/mol. The SMILES string of the molecule is COc1ccc(C(=O)c2c3cccccc-3oc2=O)cc1. The highest BCUT2D eigenvalue weighted by Gasteiger charge is 2.23. The van der Waals surface area contributed by atoms with E-state index in [1.807, 2.05) is 6.07 Å². The molecule has 104 valence electrons. The molecule has 1 aromatic rings. The highest BCUT2D eigenvalue weighted by atomic mass is 16.5. The van der Waals surface area contributed by atoms with Gasteiger partial charge in [0.15, 0.2) is 0 Å². The van der Waals surface area contributed by atoms with Crippen molar-refractivity contribution in [1.82, 2.24) is 0 Å². The second-order valence-corrected chi connectivity index (χ2v) is 4.51. The molecule has 21 heavy (non-hydrogen) atoms. The standard InChI is InChI=1S/C17H12O4/c1-20-12-9-7-11(8-10-12)16(18)15-13-5-3-2-4-6-14(13)21-17(15)19/h2-10H,1H3. The monoisotopic (exact) mass is 280 g/mol. The van der Waals surface area contributed by atoms with Gasteiger partial charge in [-0.25, -0.2) is 4.79 Å². The molecule has 0 N–H and O–H groups in total. The summed E-state index contributed by atoms with van der Waals surface area (Å²) in [5.41, 5.74) is 0.385. The first-order valence-corrected chi connectivity index (χ1v) is 6.41. The number of carbonyl (C=O) groups excluding carboxylic acids is 1. The van der Waals surface area contributed by atoms with Crippen molar-refractivity contribution in [3.63, 3.8) is 0 Å². The van der Waals surface area contributed by atoms with E-state index in [2.05, 4.69) is 0 Å². The third kappa shape index (κ3) is 2.31. The minimum absolute atomic E-state index is 0.0615. The Morgan fingerprint density at radius 3 is 2.43 bits per heavy atom. The van der Waals surface area contributed by atoms with Crippen LogP contribution in [0.3, 0.4) is 0 Å². The van der Waals surface area contributed by atoms with Gasteiger partial charge in [0, 0.05) is 11.1 Å². The van der Waals surface area contributed by atoms with Crippen molar-refractivity contribution in [3.8, 4) is 17.1 Å². The summed E-state index contributed by atoms with van der Waals surface area (Å²) in [6.07, 6.45) is 0. The molecule has 0 fully saturated rings. The molecule has 1 aliphatic carbocycles. The van der Waals surface area contributed by atoms with Gasteiger partial charge >= 0.3 is 5.63 Å². The van der Waals surface area contributed by atoms with Gasteiger partial charge in [-0.3, -0.25) is 4.79 Å². The fourth-order valence-electron chi connectivity index (χ4n) is 2.19. The second-order valence-electron chi connectivity index (χ2n) is 4.51. The molecule has 0 atom stereocenters. The maximum Gasteiger partial charge on any atom is 0.348 e. The summed E-state index contributed by atoms with van der Waals surface area (Å²) >= 11 is 0. The molecule has 4 nitrogen and oxygen atoms in total. The molecule has 0 unspecified atom stereocenters. The highest BCUT2D eigenvalue weighted by molar-refractivity contribution is 6.12. The van der Waals surface area contributed by atoms with Crippen LogP contribution in [-0.2, 0) is 0 Å². The van der Waals surface area contributed by atoms with E-state index in [4.69, 9.17) is 9.15 Å². The Balaban J connectivity index is 2.10. The van der Waals surface area contributed by atoms with Crippen LogP contribution in [0, 0.1) is 0 Å². The molecule has 0 bridgehead atoms. The van der Waals surface area contributed by atoms with Crippen molar-refractivity contribution in [2.24, 2.45) is 0 Å². The summed E-state index contributed by atoms with van der Waals surface area (Å²) in [5, 5.41) is 0. The van der Waals surface area contributed by atoms with E-state index < -0.39 is 5.63 Å². The Labute approximate surface area is 120 Å². The van der Waals surface area contributed by atoms with Crippen LogP contribution >= 0.6 is 0 Å². The lowest BCUT2D eigenvalue weighted by Crippen LogP contribution is -2.11. The van der Waals surface area contributed by atoms with Crippen LogP contribution in [0.1, 0.15) is 15.9 Å². The molecule has 2 aliphatic rings. The van der Waals surface area contributed by atoms with Crippen LogP contribution in [0.15, 0.2) is 63.8 Å². The average Bonchev–Trinajstić information content (AvgIpc) is 2.67. The van der Waals surface area contributed by atoms with Crippen LogP contribution < -0.4 is 10.4 Å². The van der Waals surface area contributed by atoms with Gasteiger partial charge in [-0.05, 0) is 30.3 Å². The van der Waals surface area contributed by atoms with Gasteiger partial charge in [0.1, 0.15) is 17.1 Å². The molecule has 0 saturated heterocycles. The molecule has 1 aromatic carbocycles. The minimum atomic E-state index is -0.614. The van der Waals surface area contributed by atoms with E-state index in [0.29, 0.717) is 22.6 Å². The van der Waals surface area contributed by atoms with Crippen molar-refractivity contribution >= 4 is 5.78 Å². The van der Waals surface area contributed by atoms with Crippen molar-refractivity contribution < 1.29 is 13.9 Å². The fourth-order valence-corrected chi connectivity index (χ4v) is 2.19. The lowest BCUT2D eigenvalue weighted by atomic mass is 10.0. The van der Waals surface area contributed by atoms with Gasteiger partial charge in [0.2, 0.25) is 5.78 Å². The Morgan fingerprint density at radius 1 is 1.00 bits per heavy atom. The normalized spacial score (nSPS) is 10.5. The zero-order valence-electron chi connectivity index (χ0n) is 11.3. The average molecular weight is 280 g/mol. The van der Waals surface area contributed by atoms with Crippen LogP contribution in [0.25, 0.3) is 11.3 Å². The van der Waals surface area contributed by atoms with E-state index >= 15 is 0 Å².